The van der Waals surface area contributed by atoms with Crippen LogP contribution < -0.4 is 4.74 Å². The van der Waals surface area contributed by atoms with Crippen molar-refractivity contribution < 1.29 is 14.3 Å². The average molecular weight is 320 g/mol. The number of carbonyl (C=O) groups excluding carboxylic acids is 1. The van der Waals surface area contributed by atoms with Gasteiger partial charge < -0.3 is 19.3 Å². The van der Waals surface area contributed by atoms with E-state index < -0.39 is 0 Å². The molecule has 0 aliphatic carbocycles. The minimum absolute atomic E-state index is 0.0816. The molecule has 1 saturated heterocycles. The molecule has 0 unspecified atom stereocenters. The van der Waals surface area contributed by atoms with Crippen molar-refractivity contribution in [3.8, 4) is 5.75 Å². The fourth-order valence-electron chi connectivity index (χ4n) is 2.96. The van der Waals surface area contributed by atoms with E-state index in [1.807, 2.05) is 26.2 Å². The van der Waals surface area contributed by atoms with Crippen molar-refractivity contribution in [2.24, 2.45) is 5.92 Å². The first kappa shape index (κ1) is 17.8. The lowest BCUT2D eigenvalue weighted by Gasteiger charge is -2.32. The average Bonchev–Trinajstić information content (AvgIpc) is 2.54. The van der Waals surface area contributed by atoms with Crippen LogP contribution in [-0.2, 0) is 16.0 Å². The molecule has 5 heteroatoms. The van der Waals surface area contributed by atoms with Gasteiger partial charge in [0.15, 0.2) is 0 Å². The fourth-order valence-corrected chi connectivity index (χ4v) is 2.96. The summed E-state index contributed by atoms with van der Waals surface area (Å²) in [5.41, 5.74) is 1.26. The van der Waals surface area contributed by atoms with Gasteiger partial charge in [-0.05, 0) is 37.1 Å². The van der Waals surface area contributed by atoms with Gasteiger partial charge >= 0.3 is 0 Å². The highest BCUT2D eigenvalue weighted by molar-refractivity contribution is 5.81. The standard InChI is InChI=1S/C18H28N2O3/c1-14(11-15-5-7-16(22-4)8-6-15)12-20(3)18(21)17-13-19(2)9-10-23-17/h5-8,14,17H,9-13H2,1-4H3/t14-,17+/m1/s1. The minimum atomic E-state index is -0.327. The van der Waals surface area contributed by atoms with Crippen LogP contribution in [0.15, 0.2) is 24.3 Å². The maximum absolute atomic E-state index is 12.5. The Bertz CT molecular complexity index is 503. The molecule has 5 nitrogen and oxygen atoms in total. The number of nitrogens with zero attached hydrogens (tertiary/aromatic N) is 2. The number of amides is 1. The van der Waals surface area contributed by atoms with Gasteiger partial charge in [0, 0.05) is 26.7 Å². The molecule has 0 bridgehead atoms. The zero-order valence-corrected chi connectivity index (χ0v) is 14.6. The second-order valence-electron chi connectivity index (χ2n) is 6.50. The molecule has 1 fully saturated rings. The lowest BCUT2D eigenvalue weighted by atomic mass is 10.0. The topological polar surface area (TPSA) is 42.0 Å². The molecule has 0 spiro atoms. The van der Waals surface area contributed by atoms with Crippen LogP contribution in [-0.4, -0.2) is 69.3 Å². The summed E-state index contributed by atoms with van der Waals surface area (Å²) in [6.45, 7) is 5.09. The highest BCUT2D eigenvalue weighted by Crippen LogP contribution is 2.16. The molecule has 1 aliphatic rings. The molecule has 0 saturated carbocycles. The lowest BCUT2D eigenvalue weighted by Crippen LogP contribution is -2.49. The number of benzene rings is 1. The Labute approximate surface area is 139 Å². The maximum atomic E-state index is 12.5. The van der Waals surface area contributed by atoms with Gasteiger partial charge in [-0.15, -0.1) is 0 Å². The Balaban J connectivity index is 1.83. The smallest absolute Gasteiger partial charge is 0.252 e. The second kappa shape index (κ2) is 8.31. The van der Waals surface area contributed by atoms with Gasteiger partial charge in [0.2, 0.25) is 0 Å². The number of rotatable bonds is 6. The molecule has 1 aliphatic heterocycles. The normalized spacial score (nSPS) is 20.1. The molecule has 1 amide bonds. The van der Waals surface area contributed by atoms with Crippen molar-refractivity contribution in [1.82, 2.24) is 9.80 Å². The predicted octanol–water partition coefficient (Wildman–Crippen LogP) is 1.66. The molecule has 0 aromatic heterocycles. The molecule has 23 heavy (non-hydrogen) atoms. The Kier molecular flexibility index (Phi) is 6.42. The van der Waals surface area contributed by atoms with Crippen LogP contribution in [0.5, 0.6) is 5.75 Å². The Morgan fingerprint density at radius 2 is 2.13 bits per heavy atom. The van der Waals surface area contributed by atoms with E-state index >= 15 is 0 Å². The monoisotopic (exact) mass is 320 g/mol. The number of likely N-dealkylation sites (N-methyl/N-ethyl adjacent to an activating group) is 2. The van der Waals surface area contributed by atoms with Crippen molar-refractivity contribution in [3.63, 3.8) is 0 Å². The fraction of sp³-hybridized carbons (Fsp3) is 0.611. The van der Waals surface area contributed by atoms with Crippen LogP contribution in [0.1, 0.15) is 12.5 Å². The zero-order chi connectivity index (χ0) is 16.8. The second-order valence-corrected chi connectivity index (χ2v) is 6.50. The van der Waals surface area contributed by atoms with Crippen LogP contribution in [0.3, 0.4) is 0 Å². The third-order valence-corrected chi connectivity index (χ3v) is 4.25. The van der Waals surface area contributed by atoms with Gasteiger partial charge in [-0.1, -0.05) is 19.1 Å². The molecular formula is C18H28N2O3. The Morgan fingerprint density at radius 3 is 2.74 bits per heavy atom. The summed E-state index contributed by atoms with van der Waals surface area (Å²) in [5.74, 6) is 1.34. The van der Waals surface area contributed by atoms with E-state index in [1.165, 1.54) is 5.56 Å². The van der Waals surface area contributed by atoms with Crippen LogP contribution in [0.2, 0.25) is 0 Å². The largest absolute Gasteiger partial charge is 0.497 e. The van der Waals surface area contributed by atoms with E-state index in [9.17, 15) is 4.79 Å². The predicted molar refractivity (Wildman–Crippen MR) is 90.7 cm³/mol. The van der Waals surface area contributed by atoms with Crippen molar-refractivity contribution in [2.45, 2.75) is 19.4 Å². The van der Waals surface area contributed by atoms with Gasteiger partial charge in [0.05, 0.1) is 13.7 Å². The molecule has 2 rings (SSSR count). The number of hydrogen-bond donors (Lipinski definition) is 0. The van der Waals surface area contributed by atoms with Crippen molar-refractivity contribution in [3.05, 3.63) is 29.8 Å². The van der Waals surface area contributed by atoms with Crippen LogP contribution >= 0.6 is 0 Å². The molecule has 128 valence electrons. The quantitative estimate of drug-likeness (QED) is 0.799. The zero-order valence-electron chi connectivity index (χ0n) is 14.6. The van der Waals surface area contributed by atoms with Crippen molar-refractivity contribution in [2.75, 3.05) is 47.4 Å². The van der Waals surface area contributed by atoms with E-state index in [-0.39, 0.29) is 12.0 Å². The van der Waals surface area contributed by atoms with Gasteiger partial charge in [-0.25, -0.2) is 0 Å². The summed E-state index contributed by atoms with van der Waals surface area (Å²) in [4.78, 5) is 16.4. The van der Waals surface area contributed by atoms with Crippen LogP contribution in [0.4, 0.5) is 0 Å². The summed E-state index contributed by atoms with van der Waals surface area (Å²) in [6, 6.07) is 8.11. The Morgan fingerprint density at radius 1 is 1.43 bits per heavy atom. The van der Waals surface area contributed by atoms with Crippen LogP contribution in [0, 0.1) is 5.92 Å². The number of hydrogen-bond acceptors (Lipinski definition) is 4. The van der Waals surface area contributed by atoms with E-state index in [0.29, 0.717) is 19.1 Å². The van der Waals surface area contributed by atoms with E-state index in [4.69, 9.17) is 9.47 Å². The first-order chi connectivity index (χ1) is 11.0. The summed E-state index contributed by atoms with van der Waals surface area (Å²) in [7, 11) is 5.56. The SMILES string of the molecule is COc1ccc(C[C@@H](C)CN(C)C(=O)[C@@H]2CN(C)CCO2)cc1. The number of morpholine rings is 1. The van der Waals surface area contributed by atoms with Crippen LogP contribution in [0.25, 0.3) is 0 Å². The maximum Gasteiger partial charge on any atom is 0.252 e. The summed E-state index contributed by atoms with van der Waals surface area (Å²) in [5, 5.41) is 0. The van der Waals surface area contributed by atoms with E-state index in [1.54, 1.807) is 12.0 Å². The van der Waals surface area contributed by atoms with Gasteiger partial charge in [0.25, 0.3) is 5.91 Å². The first-order valence-electron chi connectivity index (χ1n) is 8.17. The van der Waals surface area contributed by atoms with E-state index in [2.05, 4.69) is 24.0 Å². The molecule has 1 aromatic rings. The third-order valence-electron chi connectivity index (χ3n) is 4.25. The number of ether oxygens (including phenoxy) is 2. The van der Waals surface area contributed by atoms with Crippen molar-refractivity contribution >= 4 is 5.91 Å². The molecule has 0 radical (unpaired) electrons. The number of carbonyl (C=O) groups is 1. The molecule has 1 aromatic carbocycles. The van der Waals surface area contributed by atoms with E-state index in [0.717, 1.165) is 25.3 Å². The Hall–Kier alpha value is -1.59. The minimum Gasteiger partial charge on any atom is -0.497 e. The molecule has 2 atom stereocenters. The highest BCUT2D eigenvalue weighted by Gasteiger charge is 2.27. The lowest BCUT2D eigenvalue weighted by molar-refractivity contribution is -0.147. The number of methoxy groups -OCH3 is 1. The van der Waals surface area contributed by atoms with Crippen molar-refractivity contribution in [1.29, 1.82) is 0 Å². The molecule has 0 N–H and O–H groups in total. The van der Waals surface area contributed by atoms with Gasteiger partial charge in [0.1, 0.15) is 11.9 Å². The summed E-state index contributed by atoms with van der Waals surface area (Å²) < 4.78 is 10.8. The third kappa shape index (κ3) is 5.22. The van der Waals surface area contributed by atoms with Gasteiger partial charge in [-0.2, -0.15) is 0 Å². The van der Waals surface area contributed by atoms with Gasteiger partial charge in [-0.3, -0.25) is 4.79 Å². The summed E-state index contributed by atoms with van der Waals surface area (Å²) in [6.07, 6.45) is 0.611. The first-order valence-corrected chi connectivity index (χ1v) is 8.17. The highest BCUT2D eigenvalue weighted by atomic mass is 16.5. The molecule has 1 heterocycles. The molecular weight excluding hydrogens is 292 g/mol. The summed E-state index contributed by atoms with van der Waals surface area (Å²) >= 11 is 0.